The largest absolute Gasteiger partial charge is 0.382 e. The molecule has 82 valence electrons. The number of benzene rings is 2. The molecule has 0 amide bonds. The third-order valence-corrected chi connectivity index (χ3v) is 6.73. The Morgan fingerprint density at radius 2 is 1.62 bits per heavy atom. The van der Waals surface area contributed by atoms with Crippen LogP contribution < -0.4 is 5.19 Å². The molecule has 0 radical (unpaired) electrons. The van der Waals surface area contributed by atoms with Gasteiger partial charge in [-0.1, -0.05) is 47.7 Å². The van der Waals surface area contributed by atoms with E-state index in [1.54, 1.807) is 5.19 Å². The fourth-order valence-electron chi connectivity index (χ4n) is 2.62. The molecule has 2 aromatic rings. The van der Waals surface area contributed by atoms with E-state index in [-0.39, 0.29) is 0 Å². The summed E-state index contributed by atoms with van der Waals surface area (Å²) < 4.78 is 5.47. The van der Waals surface area contributed by atoms with Gasteiger partial charge in [0, 0.05) is 13.2 Å². The average molecular weight is 228 g/mol. The summed E-state index contributed by atoms with van der Waals surface area (Å²) >= 11 is 0. The van der Waals surface area contributed by atoms with E-state index in [2.05, 4.69) is 42.5 Å². The van der Waals surface area contributed by atoms with Crippen molar-refractivity contribution in [3.05, 3.63) is 42.5 Å². The van der Waals surface area contributed by atoms with Crippen LogP contribution in [0.2, 0.25) is 12.1 Å². The van der Waals surface area contributed by atoms with Gasteiger partial charge in [-0.2, -0.15) is 0 Å². The van der Waals surface area contributed by atoms with Crippen molar-refractivity contribution in [1.29, 1.82) is 0 Å². The maximum absolute atomic E-state index is 5.47. The highest BCUT2D eigenvalue weighted by atomic mass is 28.3. The first-order chi connectivity index (χ1) is 7.95. The van der Waals surface area contributed by atoms with Crippen LogP contribution in [0.4, 0.5) is 0 Å². The van der Waals surface area contributed by atoms with Crippen LogP contribution >= 0.6 is 0 Å². The van der Waals surface area contributed by atoms with E-state index in [4.69, 9.17) is 4.74 Å². The van der Waals surface area contributed by atoms with Gasteiger partial charge in [-0.05, 0) is 22.9 Å². The third-order valence-electron chi connectivity index (χ3n) is 3.48. The molecule has 1 aliphatic heterocycles. The fraction of sp³-hybridized carbons (Fsp3) is 0.286. The molecule has 2 heteroatoms. The molecule has 0 N–H and O–H groups in total. The Kier molecular flexibility index (Phi) is 2.76. The average Bonchev–Trinajstić information content (AvgIpc) is 2.39. The van der Waals surface area contributed by atoms with Crippen LogP contribution in [0.15, 0.2) is 42.5 Å². The van der Waals surface area contributed by atoms with E-state index in [1.165, 1.54) is 22.9 Å². The number of ether oxygens (including phenoxy) is 1. The third kappa shape index (κ3) is 1.79. The van der Waals surface area contributed by atoms with Crippen LogP contribution in [-0.4, -0.2) is 22.0 Å². The molecule has 16 heavy (non-hydrogen) atoms. The van der Waals surface area contributed by atoms with Crippen LogP contribution in [0.3, 0.4) is 0 Å². The molecule has 0 bridgehead atoms. The van der Waals surface area contributed by atoms with Gasteiger partial charge in [-0.3, -0.25) is 0 Å². The maximum atomic E-state index is 5.47. The Bertz CT molecular complexity index is 484. The quantitative estimate of drug-likeness (QED) is 0.681. The summed E-state index contributed by atoms with van der Waals surface area (Å²) in [5.41, 5.74) is 0. The van der Waals surface area contributed by atoms with Gasteiger partial charge >= 0.3 is 0 Å². The van der Waals surface area contributed by atoms with Gasteiger partial charge in [-0.15, -0.1) is 0 Å². The molecule has 1 nitrogen and oxygen atoms in total. The number of hydrogen-bond acceptors (Lipinski definition) is 1. The highest BCUT2D eigenvalue weighted by molar-refractivity contribution is 6.75. The SMILES string of the molecule is c1ccc2c([SiH]3CCOCC3)cccc2c1. The Morgan fingerprint density at radius 3 is 2.50 bits per heavy atom. The lowest BCUT2D eigenvalue weighted by Crippen LogP contribution is -2.35. The van der Waals surface area contributed by atoms with Crippen molar-refractivity contribution >= 4 is 24.8 Å². The first kappa shape index (κ1) is 10.1. The molecule has 0 saturated carbocycles. The summed E-state index contributed by atoms with van der Waals surface area (Å²) in [6, 6.07) is 18.1. The van der Waals surface area contributed by atoms with Gasteiger partial charge in [0.15, 0.2) is 0 Å². The van der Waals surface area contributed by atoms with E-state index in [0.29, 0.717) is 0 Å². The first-order valence-corrected chi connectivity index (χ1v) is 8.21. The molecule has 2 aromatic carbocycles. The lowest BCUT2D eigenvalue weighted by atomic mass is 10.1. The van der Waals surface area contributed by atoms with Crippen molar-refractivity contribution in [3.8, 4) is 0 Å². The minimum Gasteiger partial charge on any atom is -0.382 e. The molecular formula is C14H16OSi. The smallest absolute Gasteiger partial charge is 0.0761 e. The molecular weight excluding hydrogens is 212 g/mol. The van der Waals surface area contributed by atoms with Crippen LogP contribution in [-0.2, 0) is 4.74 Å². The molecule has 1 heterocycles. The minimum atomic E-state index is -0.760. The summed E-state index contributed by atoms with van der Waals surface area (Å²) in [7, 11) is -0.760. The number of hydrogen-bond donors (Lipinski definition) is 0. The zero-order valence-corrected chi connectivity index (χ0v) is 10.5. The molecule has 0 aromatic heterocycles. The predicted molar refractivity (Wildman–Crippen MR) is 71.2 cm³/mol. The zero-order chi connectivity index (χ0) is 10.8. The second-order valence-electron chi connectivity index (χ2n) is 4.46. The van der Waals surface area contributed by atoms with E-state index in [0.717, 1.165) is 13.2 Å². The van der Waals surface area contributed by atoms with Gasteiger partial charge in [0.25, 0.3) is 0 Å². The van der Waals surface area contributed by atoms with Gasteiger partial charge in [0.05, 0.1) is 8.80 Å². The highest BCUT2D eigenvalue weighted by Crippen LogP contribution is 2.16. The van der Waals surface area contributed by atoms with E-state index in [9.17, 15) is 0 Å². The highest BCUT2D eigenvalue weighted by Gasteiger charge is 2.18. The second kappa shape index (κ2) is 4.40. The van der Waals surface area contributed by atoms with Gasteiger partial charge < -0.3 is 4.74 Å². The van der Waals surface area contributed by atoms with Crippen molar-refractivity contribution in [2.75, 3.05) is 13.2 Å². The molecule has 1 fully saturated rings. The molecule has 0 spiro atoms. The summed E-state index contributed by atoms with van der Waals surface area (Å²) in [4.78, 5) is 0. The lowest BCUT2D eigenvalue weighted by Gasteiger charge is -2.22. The fourth-order valence-corrected chi connectivity index (χ4v) is 5.51. The normalized spacial score (nSPS) is 17.8. The molecule has 1 saturated heterocycles. The maximum Gasteiger partial charge on any atom is 0.0761 e. The first-order valence-electron chi connectivity index (χ1n) is 6.00. The monoisotopic (exact) mass is 228 g/mol. The van der Waals surface area contributed by atoms with Crippen molar-refractivity contribution in [1.82, 2.24) is 0 Å². The summed E-state index contributed by atoms with van der Waals surface area (Å²) in [5.74, 6) is 0. The van der Waals surface area contributed by atoms with Crippen LogP contribution in [0.25, 0.3) is 10.8 Å². The van der Waals surface area contributed by atoms with E-state index >= 15 is 0 Å². The van der Waals surface area contributed by atoms with Crippen molar-refractivity contribution in [3.63, 3.8) is 0 Å². The summed E-state index contributed by atoms with van der Waals surface area (Å²) in [5, 5.41) is 4.50. The van der Waals surface area contributed by atoms with E-state index in [1.807, 2.05) is 0 Å². The number of fused-ring (bicyclic) bond motifs is 1. The standard InChI is InChI=1S/C14H16OSi/c1-2-6-13-12(4-1)5-3-7-14(13)16-10-8-15-9-11-16/h1-7,16H,8-11H2. The number of rotatable bonds is 1. The van der Waals surface area contributed by atoms with Gasteiger partial charge in [-0.25, -0.2) is 0 Å². The Balaban J connectivity index is 2.08. The molecule has 0 unspecified atom stereocenters. The van der Waals surface area contributed by atoms with Crippen LogP contribution in [0.1, 0.15) is 0 Å². The van der Waals surface area contributed by atoms with Crippen molar-refractivity contribution < 1.29 is 4.74 Å². The Labute approximate surface area is 97.7 Å². The van der Waals surface area contributed by atoms with Gasteiger partial charge in [0.2, 0.25) is 0 Å². The predicted octanol–water partition coefficient (Wildman–Crippen LogP) is 2.30. The molecule has 1 aliphatic rings. The van der Waals surface area contributed by atoms with Gasteiger partial charge in [0.1, 0.15) is 0 Å². The zero-order valence-electron chi connectivity index (χ0n) is 9.36. The summed E-state index contributed by atoms with van der Waals surface area (Å²) in [6.45, 7) is 1.94. The Morgan fingerprint density at radius 1 is 0.875 bits per heavy atom. The van der Waals surface area contributed by atoms with Crippen LogP contribution in [0.5, 0.6) is 0 Å². The molecule has 0 atom stereocenters. The van der Waals surface area contributed by atoms with E-state index < -0.39 is 8.80 Å². The van der Waals surface area contributed by atoms with Crippen molar-refractivity contribution in [2.24, 2.45) is 0 Å². The minimum absolute atomic E-state index is 0.760. The Hall–Kier alpha value is -1.12. The summed E-state index contributed by atoms with van der Waals surface area (Å²) in [6.07, 6.45) is 0. The topological polar surface area (TPSA) is 9.23 Å². The molecule has 3 rings (SSSR count). The molecule has 0 aliphatic carbocycles. The van der Waals surface area contributed by atoms with Crippen LogP contribution in [0, 0.1) is 0 Å². The van der Waals surface area contributed by atoms with Crippen molar-refractivity contribution in [2.45, 2.75) is 12.1 Å². The second-order valence-corrected chi connectivity index (χ2v) is 7.63. The lowest BCUT2D eigenvalue weighted by molar-refractivity contribution is 0.151.